The van der Waals surface area contributed by atoms with E-state index in [4.69, 9.17) is 20.6 Å². The Hall–Kier alpha value is -2.86. The predicted molar refractivity (Wildman–Crippen MR) is 116 cm³/mol. The molecule has 0 radical (unpaired) electrons. The van der Waals surface area contributed by atoms with E-state index in [2.05, 4.69) is 21.9 Å². The van der Waals surface area contributed by atoms with Crippen LogP contribution >= 0.6 is 15.9 Å². The highest BCUT2D eigenvalue weighted by atomic mass is 79.9. The maximum atomic E-state index is 12.8. The highest BCUT2D eigenvalue weighted by molar-refractivity contribution is 9.10. The molecule has 31 heavy (non-hydrogen) atoms. The van der Waals surface area contributed by atoms with Gasteiger partial charge in [0.05, 0.1) is 6.61 Å². The lowest BCUT2D eigenvalue weighted by Crippen LogP contribution is -2.43. The third-order valence-electron chi connectivity index (χ3n) is 3.61. The van der Waals surface area contributed by atoms with Crippen LogP contribution in [0.1, 0.15) is 44.5 Å². The molecule has 0 N–H and O–H groups in total. The van der Waals surface area contributed by atoms with E-state index in [-0.39, 0.29) is 25.1 Å². The van der Waals surface area contributed by atoms with Gasteiger partial charge in [-0.05, 0) is 39.8 Å². The van der Waals surface area contributed by atoms with E-state index in [1.165, 1.54) is 12.1 Å². The summed E-state index contributed by atoms with van der Waals surface area (Å²) in [6.45, 7) is 6.06. The van der Waals surface area contributed by atoms with Crippen LogP contribution in [-0.4, -0.2) is 60.1 Å². The standard InChI is InChI=1S/C22H26BrNO7/c1-6-8-13-24(21(28)31-22(3,4)5)14-17(25)30-19(20(27)29-7-2)18(26)15-9-11-16(23)12-10-15/h1,9-12,19H,7-8,13-14H2,2-5H3. The van der Waals surface area contributed by atoms with Gasteiger partial charge in [0.1, 0.15) is 12.1 Å². The average Bonchev–Trinajstić information content (AvgIpc) is 2.68. The molecule has 1 atom stereocenters. The van der Waals surface area contributed by atoms with Gasteiger partial charge in [0.2, 0.25) is 5.78 Å². The van der Waals surface area contributed by atoms with Crippen molar-refractivity contribution in [2.75, 3.05) is 19.7 Å². The molecule has 9 heteroatoms. The molecule has 0 heterocycles. The number of ether oxygens (including phenoxy) is 3. The molecule has 0 saturated carbocycles. The second-order valence-electron chi connectivity index (χ2n) is 7.35. The molecule has 0 bridgehead atoms. The molecule has 1 aromatic rings. The van der Waals surface area contributed by atoms with Crippen LogP contribution in [-0.2, 0) is 23.8 Å². The Morgan fingerprint density at radius 3 is 2.29 bits per heavy atom. The SMILES string of the molecule is C#CCCN(CC(=O)OC(C(=O)OCC)C(=O)c1ccc(Br)cc1)C(=O)OC(C)(C)C. The van der Waals surface area contributed by atoms with Gasteiger partial charge in [0, 0.05) is 23.0 Å². The number of rotatable bonds is 9. The summed E-state index contributed by atoms with van der Waals surface area (Å²) in [4.78, 5) is 51.0. The van der Waals surface area contributed by atoms with Crippen LogP contribution in [0.2, 0.25) is 0 Å². The highest BCUT2D eigenvalue weighted by Gasteiger charge is 2.34. The lowest BCUT2D eigenvalue weighted by atomic mass is 10.1. The van der Waals surface area contributed by atoms with Crippen molar-refractivity contribution in [2.24, 2.45) is 0 Å². The molecule has 1 unspecified atom stereocenters. The van der Waals surface area contributed by atoms with Crippen LogP contribution in [0.5, 0.6) is 0 Å². The molecule has 1 aromatic carbocycles. The molecule has 1 amide bonds. The van der Waals surface area contributed by atoms with Crippen molar-refractivity contribution in [1.82, 2.24) is 4.90 Å². The quantitative estimate of drug-likeness (QED) is 0.170. The van der Waals surface area contributed by atoms with Gasteiger partial charge in [-0.2, -0.15) is 0 Å². The van der Waals surface area contributed by atoms with Gasteiger partial charge in [-0.3, -0.25) is 14.5 Å². The van der Waals surface area contributed by atoms with Crippen LogP contribution in [0.15, 0.2) is 28.7 Å². The molecule has 0 fully saturated rings. The second-order valence-corrected chi connectivity index (χ2v) is 8.26. The Kier molecular flexibility index (Phi) is 10.2. The Balaban J connectivity index is 3.00. The van der Waals surface area contributed by atoms with Crippen LogP contribution in [0.4, 0.5) is 4.79 Å². The fourth-order valence-corrected chi connectivity index (χ4v) is 2.54. The lowest BCUT2D eigenvalue weighted by Gasteiger charge is -2.26. The monoisotopic (exact) mass is 495 g/mol. The summed E-state index contributed by atoms with van der Waals surface area (Å²) in [5, 5.41) is 0. The summed E-state index contributed by atoms with van der Waals surface area (Å²) in [5.41, 5.74) is -0.634. The first-order valence-electron chi connectivity index (χ1n) is 9.55. The summed E-state index contributed by atoms with van der Waals surface area (Å²) in [6, 6.07) is 6.18. The van der Waals surface area contributed by atoms with E-state index in [0.29, 0.717) is 0 Å². The molecule has 8 nitrogen and oxygen atoms in total. The Bertz CT molecular complexity index is 837. The van der Waals surface area contributed by atoms with E-state index in [0.717, 1.165) is 9.37 Å². The minimum absolute atomic E-state index is 0.00724. The summed E-state index contributed by atoms with van der Waals surface area (Å²) < 4.78 is 16.0. The van der Waals surface area contributed by atoms with Crippen LogP contribution in [0.25, 0.3) is 0 Å². The van der Waals surface area contributed by atoms with E-state index in [9.17, 15) is 19.2 Å². The third-order valence-corrected chi connectivity index (χ3v) is 4.14. The Labute approximate surface area is 190 Å². The average molecular weight is 496 g/mol. The molecule has 0 aliphatic carbocycles. The molecule has 168 valence electrons. The second kappa shape index (κ2) is 12.1. The van der Waals surface area contributed by atoms with Gasteiger partial charge in [-0.25, -0.2) is 9.59 Å². The van der Waals surface area contributed by atoms with E-state index < -0.39 is 42.1 Å². The third kappa shape index (κ3) is 9.22. The topological polar surface area (TPSA) is 99.2 Å². The zero-order valence-corrected chi connectivity index (χ0v) is 19.6. The highest BCUT2D eigenvalue weighted by Crippen LogP contribution is 2.15. The van der Waals surface area contributed by atoms with Crippen molar-refractivity contribution in [2.45, 2.75) is 45.8 Å². The van der Waals surface area contributed by atoms with Gasteiger partial charge in [-0.1, -0.05) is 28.1 Å². The van der Waals surface area contributed by atoms with Crippen molar-refractivity contribution < 1.29 is 33.4 Å². The molecule has 0 aromatic heterocycles. The first kappa shape index (κ1) is 26.2. The van der Waals surface area contributed by atoms with Crippen molar-refractivity contribution in [3.63, 3.8) is 0 Å². The van der Waals surface area contributed by atoms with Crippen molar-refractivity contribution in [1.29, 1.82) is 0 Å². The van der Waals surface area contributed by atoms with E-state index in [1.807, 2.05) is 0 Å². The van der Waals surface area contributed by atoms with Crippen molar-refractivity contribution in [3.05, 3.63) is 34.3 Å². The first-order chi connectivity index (χ1) is 14.5. The van der Waals surface area contributed by atoms with Crippen molar-refractivity contribution >= 4 is 39.7 Å². The minimum Gasteiger partial charge on any atom is -0.463 e. The zero-order valence-electron chi connectivity index (χ0n) is 18.0. The van der Waals surface area contributed by atoms with E-state index in [1.54, 1.807) is 39.8 Å². The molecule has 0 aliphatic rings. The largest absolute Gasteiger partial charge is 0.463 e. The number of carbonyl (C=O) groups is 4. The Morgan fingerprint density at radius 1 is 1.16 bits per heavy atom. The lowest BCUT2D eigenvalue weighted by molar-refractivity contribution is -0.164. The molecular formula is C22H26BrNO7. The van der Waals surface area contributed by atoms with Crippen LogP contribution in [0, 0.1) is 12.3 Å². The maximum absolute atomic E-state index is 12.8. The minimum atomic E-state index is -1.80. The molecule has 0 spiro atoms. The number of terminal acetylenes is 1. The zero-order chi connectivity index (χ0) is 23.6. The van der Waals surface area contributed by atoms with Gasteiger partial charge in [-0.15, -0.1) is 12.3 Å². The number of carbonyl (C=O) groups excluding carboxylic acids is 4. The smallest absolute Gasteiger partial charge is 0.410 e. The number of halogens is 1. The van der Waals surface area contributed by atoms with Gasteiger partial charge in [0.25, 0.3) is 6.10 Å². The number of amides is 1. The predicted octanol–water partition coefficient (Wildman–Crippen LogP) is 3.37. The Morgan fingerprint density at radius 2 is 1.77 bits per heavy atom. The maximum Gasteiger partial charge on any atom is 0.410 e. The first-order valence-corrected chi connectivity index (χ1v) is 10.3. The van der Waals surface area contributed by atoms with Crippen molar-refractivity contribution in [3.8, 4) is 12.3 Å². The fraction of sp³-hybridized carbons (Fsp3) is 0.455. The van der Waals surface area contributed by atoms with Crippen LogP contribution < -0.4 is 0 Å². The molecular weight excluding hydrogens is 470 g/mol. The normalized spacial score (nSPS) is 11.6. The summed E-state index contributed by atoms with van der Waals surface area (Å²) in [6.07, 6.45) is 2.85. The number of hydrogen-bond acceptors (Lipinski definition) is 7. The summed E-state index contributed by atoms with van der Waals surface area (Å²) in [5.74, 6) is -0.352. The van der Waals surface area contributed by atoms with Gasteiger partial charge in [0.15, 0.2) is 0 Å². The summed E-state index contributed by atoms with van der Waals surface area (Å²) in [7, 11) is 0. The van der Waals surface area contributed by atoms with Crippen LogP contribution in [0.3, 0.4) is 0 Å². The molecule has 0 aliphatic heterocycles. The number of Topliss-reactive ketones (excluding diaryl/α,β-unsaturated/α-hetero) is 1. The molecule has 0 saturated heterocycles. The summed E-state index contributed by atoms with van der Waals surface area (Å²) >= 11 is 3.26. The number of ketones is 1. The number of benzene rings is 1. The molecule has 1 rings (SSSR count). The van der Waals surface area contributed by atoms with E-state index >= 15 is 0 Å². The number of esters is 2. The fourth-order valence-electron chi connectivity index (χ4n) is 2.28. The van der Waals surface area contributed by atoms with Gasteiger partial charge < -0.3 is 14.2 Å². The number of nitrogens with zero attached hydrogens (tertiary/aromatic N) is 1. The number of hydrogen-bond donors (Lipinski definition) is 0. The van der Waals surface area contributed by atoms with Gasteiger partial charge >= 0.3 is 18.0 Å².